The number of carbonyl (C=O) groups is 1. The molecule has 0 amide bonds. The first-order chi connectivity index (χ1) is 15.7. The lowest BCUT2D eigenvalue weighted by atomic mass is 9.89. The molecule has 5 heteroatoms. The lowest BCUT2D eigenvalue weighted by molar-refractivity contribution is -0.236. The Kier molecular flexibility index (Phi) is 4.28. The molecule has 3 aromatic carbocycles. The quantitative estimate of drug-likeness (QED) is 0.403. The first kappa shape index (κ1) is 18.8. The highest BCUT2D eigenvalue weighted by Crippen LogP contribution is 2.47. The van der Waals surface area contributed by atoms with Crippen LogP contribution in [0.15, 0.2) is 84.9 Å². The second kappa shape index (κ2) is 7.31. The molecule has 1 saturated carbocycles. The Bertz CT molecular complexity index is 1360. The Morgan fingerprint density at radius 1 is 0.656 bits per heavy atom. The van der Waals surface area contributed by atoms with Crippen LogP contribution in [0.2, 0.25) is 0 Å². The number of aromatic nitrogens is 2. The van der Waals surface area contributed by atoms with Crippen LogP contribution in [0.4, 0.5) is 0 Å². The third-order valence-corrected chi connectivity index (χ3v) is 6.00. The molecular weight excluding hydrogens is 400 g/mol. The summed E-state index contributed by atoms with van der Waals surface area (Å²) in [7, 11) is 0. The van der Waals surface area contributed by atoms with Gasteiger partial charge in [0.05, 0.1) is 16.7 Å². The monoisotopic (exact) mass is 420 g/mol. The fourth-order valence-electron chi connectivity index (χ4n) is 4.21. The van der Waals surface area contributed by atoms with E-state index in [9.17, 15) is 4.79 Å². The second-order valence-electron chi connectivity index (χ2n) is 8.10. The molecule has 5 nitrogen and oxygen atoms in total. The van der Waals surface area contributed by atoms with Crippen molar-refractivity contribution in [2.75, 3.05) is 0 Å². The Morgan fingerprint density at radius 2 is 1.22 bits per heavy atom. The lowest BCUT2D eigenvalue weighted by Gasteiger charge is -2.44. The summed E-state index contributed by atoms with van der Waals surface area (Å²) < 4.78 is 12.2. The van der Waals surface area contributed by atoms with Crippen molar-refractivity contribution in [3.8, 4) is 11.3 Å². The first-order valence-electron chi connectivity index (χ1n) is 10.8. The van der Waals surface area contributed by atoms with Crippen LogP contribution in [0.25, 0.3) is 33.6 Å². The van der Waals surface area contributed by atoms with Gasteiger partial charge in [-0.25, -0.2) is 14.8 Å². The number of carbonyl (C=O) groups excluding carboxylic acids is 1. The summed E-state index contributed by atoms with van der Waals surface area (Å²) in [4.78, 5) is 23.3. The van der Waals surface area contributed by atoms with E-state index in [1.807, 2.05) is 84.9 Å². The Labute approximate surface area is 185 Å². The first-order valence-corrected chi connectivity index (χ1v) is 10.8. The van der Waals surface area contributed by atoms with Gasteiger partial charge in [0, 0.05) is 24.0 Å². The van der Waals surface area contributed by atoms with Gasteiger partial charge < -0.3 is 9.47 Å². The van der Waals surface area contributed by atoms with E-state index in [0.717, 1.165) is 23.1 Å². The van der Waals surface area contributed by atoms with Crippen molar-refractivity contribution < 1.29 is 14.3 Å². The zero-order valence-corrected chi connectivity index (χ0v) is 17.3. The van der Waals surface area contributed by atoms with Gasteiger partial charge in [0.1, 0.15) is 17.0 Å². The predicted molar refractivity (Wildman–Crippen MR) is 122 cm³/mol. The summed E-state index contributed by atoms with van der Waals surface area (Å²) in [5.74, 6) is -0.789. The summed E-state index contributed by atoms with van der Waals surface area (Å²) in [6.07, 6.45) is 2.35. The molecule has 32 heavy (non-hydrogen) atoms. The van der Waals surface area contributed by atoms with Crippen LogP contribution >= 0.6 is 0 Å². The maximum atomic E-state index is 13.5. The smallest absolute Gasteiger partial charge is 0.347 e. The van der Waals surface area contributed by atoms with Gasteiger partial charge in [-0.15, -0.1) is 0 Å². The number of esters is 1. The molecule has 2 aliphatic rings. The van der Waals surface area contributed by atoms with Crippen molar-refractivity contribution in [3.05, 3.63) is 96.2 Å². The molecule has 1 fully saturated rings. The van der Waals surface area contributed by atoms with Crippen LogP contribution in [0, 0.1) is 0 Å². The van der Waals surface area contributed by atoms with E-state index >= 15 is 0 Å². The van der Waals surface area contributed by atoms with Gasteiger partial charge >= 0.3 is 5.97 Å². The van der Waals surface area contributed by atoms with Crippen LogP contribution in [0.1, 0.15) is 30.5 Å². The fraction of sp³-hybridized carbons (Fsp3) is 0.148. The molecule has 2 heterocycles. The number of hydrogen-bond donors (Lipinski definition) is 0. The van der Waals surface area contributed by atoms with Crippen molar-refractivity contribution >= 4 is 28.3 Å². The van der Waals surface area contributed by atoms with Crippen LogP contribution in [-0.4, -0.2) is 21.7 Å². The minimum absolute atomic E-state index is 0.311. The molecule has 0 N–H and O–H groups in total. The molecule has 4 aromatic rings. The molecular formula is C27H20N2O3. The van der Waals surface area contributed by atoms with E-state index in [0.29, 0.717) is 41.1 Å². The predicted octanol–water partition coefficient (Wildman–Crippen LogP) is 5.62. The lowest BCUT2D eigenvalue weighted by Crippen LogP contribution is -2.47. The third-order valence-electron chi connectivity index (χ3n) is 6.00. The van der Waals surface area contributed by atoms with Crippen LogP contribution in [0.3, 0.4) is 0 Å². The van der Waals surface area contributed by atoms with Gasteiger partial charge in [-0.1, -0.05) is 72.8 Å². The van der Waals surface area contributed by atoms with E-state index in [1.54, 1.807) is 0 Å². The average molecular weight is 420 g/mol. The molecule has 1 aliphatic heterocycles. The van der Waals surface area contributed by atoms with Crippen molar-refractivity contribution in [1.29, 1.82) is 0 Å². The van der Waals surface area contributed by atoms with Gasteiger partial charge in [0.15, 0.2) is 0 Å². The highest BCUT2D eigenvalue weighted by Gasteiger charge is 2.49. The highest BCUT2D eigenvalue weighted by atomic mass is 16.7. The molecule has 1 aliphatic carbocycles. The molecule has 0 unspecified atom stereocenters. The number of para-hydroxylation sites is 2. The number of fused-ring (bicyclic) bond motifs is 1. The summed E-state index contributed by atoms with van der Waals surface area (Å²) >= 11 is 0. The van der Waals surface area contributed by atoms with Gasteiger partial charge in [0.25, 0.3) is 5.79 Å². The number of nitrogens with zero attached hydrogens (tertiary/aromatic N) is 2. The molecule has 156 valence electrons. The summed E-state index contributed by atoms with van der Waals surface area (Å²) in [5.41, 5.74) is 4.56. The van der Waals surface area contributed by atoms with E-state index in [-0.39, 0.29) is 0 Å². The van der Waals surface area contributed by atoms with E-state index < -0.39 is 11.8 Å². The second-order valence-corrected chi connectivity index (χ2v) is 8.10. The minimum atomic E-state index is -0.872. The van der Waals surface area contributed by atoms with Crippen LogP contribution in [-0.2, 0) is 14.3 Å². The number of ether oxygens (including phenoxy) is 2. The van der Waals surface area contributed by atoms with Gasteiger partial charge in [-0.3, -0.25) is 0 Å². The topological polar surface area (TPSA) is 61.3 Å². The zero-order valence-electron chi connectivity index (χ0n) is 17.3. The molecule has 0 bridgehead atoms. The third kappa shape index (κ3) is 3.05. The molecule has 1 spiro atoms. The summed E-state index contributed by atoms with van der Waals surface area (Å²) in [6.45, 7) is 0. The van der Waals surface area contributed by atoms with Gasteiger partial charge in [0.2, 0.25) is 0 Å². The summed E-state index contributed by atoms with van der Waals surface area (Å²) in [6, 6.07) is 27.1. The Balaban J connectivity index is 1.66. The van der Waals surface area contributed by atoms with Crippen molar-refractivity contribution in [1.82, 2.24) is 9.97 Å². The van der Waals surface area contributed by atoms with E-state index in [1.165, 1.54) is 0 Å². The van der Waals surface area contributed by atoms with Crippen molar-refractivity contribution in [2.24, 2.45) is 0 Å². The van der Waals surface area contributed by atoms with E-state index in [2.05, 4.69) is 0 Å². The largest absolute Gasteiger partial charge is 0.451 e. The summed E-state index contributed by atoms with van der Waals surface area (Å²) in [5, 5.41) is 0. The maximum Gasteiger partial charge on any atom is 0.347 e. The number of benzene rings is 3. The fourth-order valence-corrected chi connectivity index (χ4v) is 4.21. The molecule has 0 radical (unpaired) electrons. The average Bonchev–Trinajstić information content (AvgIpc) is 2.83. The van der Waals surface area contributed by atoms with Crippen molar-refractivity contribution in [3.63, 3.8) is 0 Å². The minimum Gasteiger partial charge on any atom is -0.451 e. The standard InChI is InChI=1S/C27H20N2O3/c30-26-22(25(19-12-5-2-6-13-19)31-27(32-26)16-9-17-27)24-23(18-10-3-1-4-11-18)28-20-14-7-8-15-21(20)29-24/h1-8,10-15H,9,16-17H2. The van der Waals surface area contributed by atoms with Crippen molar-refractivity contribution in [2.45, 2.75) is 25.0 Å². The van der Waals surface area contributed by atoms with E-state index in [4.69, 9.17) is 19.4 Å². The number of hydrogen-bond acceptors (Lipinski definition) is 5. The molecule has 0 atom stereocenters. The number of rotatable bonds is 3. The zero-order chi connectivity index (χ0) is 21.5. The van der Waals surface area contributed by atoms with Gasteiger partial charge in [-0.2, -0.15) is 0 Å². The Morgan fingerprint density at radius 3 is 1.81 bits per heavy atom. The highest BCUT2D eigenvalue weighted by molar-refractivity contribution is 6.25. The van der Waals surface area contributed by atoms with Crippen LogP contribution < -0.4 is 0 Å². The molecule has 0 saturated heterocycles. The SMILES string of the molecule is O=C1OC2(CCC2)OC(c2ccccc2)=C1c1nc2ccccc2nc1-c1ccccc1. The van der Waals surface area contributed by atoms with Crippen LogP contribution in [0.5, 0.6) is 0 Å². The maximum absolute atomic E-state index is 13.5. The normalized spacial score (nSPS) is 17.1. The van der Waals surface area contributed by atoms with Gasteiger partial charge in [-0.05, 0) is 18.6 Å². The molecule has 1 aromatic heterocycles. The Hall–Kier alpha value is -3.99. The molecule has 6 rings (SSSR count).